The molecule has 2 saturated heterocycles. The Bertz CT molecular complexity index is 1000. The van der Waals surface area contributed by atoms with Gasteiger partial charge in [0.2, 0.25) is 5.91 Å². The highest BCUT2D eigenvalue weighted by molar-refractivity contribution is 7.86. The van der Waals surface area contributed by atoms with Crippen LogP contribution in [0.25, 0.3) is 0 Å². The Morgan fingerprint density at radius 2 is 1.73 bits per heavy atom. The monoisotopic (exact) mass is 483 g/mol. The third-order valence-corrected chi connectivity index (χ3v) is 7.59. The third-order valence-electron chi connectivity index (χ3n) is 5.63. The lowest BCUT2D eigenvalue weighted by atomic mass is 10.1. The summed E-state index contributed by atoms with van der Waals surface area (Å²) in [6.07, 6.45) is -0.385. The molecule has 0 aliphatic carbocycles. The van der Waals surface area contributed by atoms with E-state index in [1.807, 2.05) is 13.8 Å². The zero-order valence-corrected chi connectivity index (χ0v) is 19.7. The summed E-state index contributed by atoms with van der Waals surface area (Å²) in [4.78, 5) is 37.0. The molecule has 182 valence electrons. The summed E-state index contributed by atoms with van der Waals surface area (Å²) in [6, 6.07) is 4.37. The summed E-state index contributed by atoms with van der Waals surface area (Å²) in [5.74, 6) is -0.948. The van der Waals surface area contributed by atoms with E-state index in [0.717, 1.165) is 6.07 Å². The van der Waals surface area contributed by atoms with Crippen LogP contribution in [0.5, 0.6) is 0 Å². The maximum absolute atomic E-state index is 13.0. The first-order chi connectivity index (χ1) is 15.5. The molecule has 0 aromatic heterocycles. The average molecular weight is 484 g/mol. The van der Waals surface area contributed by atoms with Crippen molar-refractivity contribution in [2.45, 2.75) is 39.0 Å². The number of non-ortho nitro benzene ring substituents is 1. The fourth-order valence-corrected chi connectivity index (χ4v) is 5.75. The van der Waals surface area contributed by atoms with E-state index in [4.69, 9.17) is 4.74 Å². The van der Waals surface area contributed by atoms with Crippen LogP contribution in [-0.4, -0.2) is 96.2 Å². The van der Waals surface area contributed by atoms with Crippen molar-refractivity contribution in [1.82, 2.24) is 18.8 Å². The van der Waals surface area contributed by atoms with Crippen LogP contribution < -0.4 is 5.32 Å². The quantitative estimate of drug-likeness (QED) is 0.450. The fraction of sp³-hybridized carbons (Fsp3) is 0.600. The molecular formula is C20H29N5O7S. The van der Waals surface area contributed by atoms with Gasteiger partial charge in [-0.1, -0.05) is 6.07 Å². The van der Waals surface area contributed by atoms with Gasteiger partial charge in [-0.25, -0.2) is 0 Å². The van der Waals surface area contributed by atoms with Crippen LogP contribution in [-0.2, 0) is 19.7 Å². The number of amides is 2. The van der Waals surface area contributed by atoms with Crippen molar-refractivity contribution in [3.8, 4) is 0 Å². The van der Waals surface area contributed by atoms with E-state index in [9.17, 15) is 28.1 Å². The van der Waals surface area contributed by atoms with Gasteiger partial charge in [-0.15, -0.1) is 0 Å². The van der Waals surface area contributed by atoms with Crippen LogP contribution in [0.2, 0.25) is 0 Å². The molecular weight excluding hydrogens is 454 g/mol. The van der Waals surface area contributed by atoms with Gasteiger partial charge < -0.3 is 15.0 Å². The molecule has 3 unspecified atom stereocenters. The average Bonchev–Trinajstić information content (AvgIpc) is 2.78. The second-order valence-electron chi connectivity index (χ2n) is 8.31. The smallest absolute Gasteiger partial charge is 0.282 e. The zero-order chi connectivity index (χ0) is 24.3. The maximum atomic E-state index is 13.0. The molecule has 2 heterocycles. The number of hydrogen-bond donors (Lipinski definition) is 1. The Morgan fingerprint density at radius 1 is 1.12 bits per heavy atom. The SMILES string of the molecule is CC1CN(S(=O)(=O)N2CCN(C(=O)C(C)NC(=O)c3cccc([N+](=O)[O-])c3)CC2)CC(C)O1. The predicted octanol–water partition coefficient (Wildman–Crippen LogP) is 0.211. The summed E-state index contributed by atoms with van der Waals surface area (Å²) >= 11 is 0. The van der Waals surface area contributed by atoms with E-state index in [2.05, 4.69) is 5.32 Å². The summed E-state index contributed by atoms with van der Waals surface area (Å²) in [7, 11) is -3.66. The molecule has 0 spiro atoms. The molecule has 12 nitrogen and oxygen atoms in total. The summed E-state index contributed by atoms with van der Waals surface area (Å²) in [5, 5.41) is 13.5. The molecule has 0 saturated carbocycles. The number of benzene rings is 1. The van der Waals surface area contributed by atoms with Gasteiger partial charge in [-0.2, -0.15) is 17.0 Å². The number of ether oxygens (including phenoxy) is 1. The number of rotatable bonds is 6. The molecule has 2 amide bonds. The molecule has 33 heavy (non-hydrogen) atoms. The minimum Gasteiger partial charge on any atom is -0.373 e. The summed E-state index contributed by atoms with van der Waals surface area (Å²) < 4.78 is 34.4. The van der Waals surface area contributed by atoms with Gasteiger partial charge in [-0.05, 0) is 26.8 Å². The van der Waals surface area contributed by atoms with E-state index in [0.29, 0.717) is 0 Å². The number of piperazine rings is 1. The molecule has 1 aromatic rings. The largest absolute Gasteiger partial charge is 0.373 e. The van der Waals surface area contributed by atoms with E-state index in [1.165, 1.54) is 38.6 Å². The maximum Gasteiger partial charge on any atom is 0.282 e. The van der Waals surface area contributed by atoms with E-state index in [-0.39, 0.29) is 68.6 Å². The molecule has 2 fully saturated rings. The number of morpholine rings is 1. The van der Waals surface area contributed by atoms with E-state index < -0.39 is 27.1 Å². The van der Waals surface area contributed by atoms with Crippen molar-refractivity contribution in [3.05, 3.63) is 39.9 Å². The third kappa shape index (κ3) is 5.85. The summed E-state index contributed by atoms with van der Waals surface area (Å²) in [5.41, 5.74) is -0.142. The number of carbonyl (C=O) groups is 2. The molecule has 3 rings (SSSR count). The normalized spacial score (nSPS) is 23.7. The zero-order valence-electron chi connectivity index (χ0n) is 18.8. The highest BCUT2D eigenvalue weighted by atomic mass is 32.2. The van der Waals surface area contributed by atoms with Gasteiger partial charge in [0.1, 0.15) is 6.04 Å². The summed E-state index contributed by atoms with van der Waals surface area (Å²) in [6.45, 7) is 6.46. The second kappa shape index (κ2) is 10.1. The highest BCUT2D eigenvalue weighted by Crippen LogP contribution is 2.19. The van der Waals surface area contributed by atoms with Crippen molar-refractivity contribution >= 4 is 27.7 Å². The van der Waals surface area contributed by atoms with Crippen molar-refractivity contribution in [3.63, 3.8) is 0 Å². The Morgan fingerprint density at radius 3 is 2.30 bits per heavy atom. The lowest BCUT2D eigenvalue weighted by molar-refractivity contribution is -0.384. The Hall–Kier alpha value is -2.61. The lowest BCUT2D eigenvalue weighted by Crippen LogP contribution is -2.59. The van der Waals surface area contributed by atoms with E-state index in [1.54, 1.807) is 0 Å². The first-order valence-electron chi connectivity index (χ1n) is 10.7. The molecule has 1 aromatic carbocycles. The second-order valence-corrected chi connectivity index (χ2v) is 10.2. The standard InChI is InChI=1S/C20H29N5O7S/c1-14-12-24(13-15(2)32-14)33(30,31)23-9-7-22(8-10-23)20(27)16(3)21-19(26)17-5-4-6-18(11-17)25(28)29/h4-6,11,14-16H,7-10,12-13H2,1-3H3,(H,21,26). The number of nitrogens with one attached hydrogen (secondary N) is 1. The van der Waals surface area contributed by atoms with Gasteiger partial charge in [0.25, 0.3) is 21.8 Å². The molecule has 13 heteroatoms. The number of carbonyl (C=O) groups excluding carboxylic acids is 2. The highest BCUT2D eigenvalue weighted by Gasteiger charge is 2.37. The van der Waals surface area contributed by atoms with Gasteiger partial charge in [0.15, 0.2) is 0 Å². The number of hydrogen-bond acceptors (Lipinski definition) is 7. The van der Waals surface area contributed by atoms with Crippen molar-refractivity contribution in [1.29, 1.82) is 0 Å². The minimum atomic E-state index is -3.66. The predicted molar refractivity (Wildman–Crippen MR) is 119 cm³/mol. The topological polar surface area (TPSA) is 142 Å². The Balaban J connectivity index is 1.56. The van der Waals surface area contributed by atoms with Crippen molar-refractivity contribution in [2.75, 3.05) is 39.3 Å². The van der Waals surface area contributed by atoms with Gasteiger partial charge >= 0.3 is 0 Å². The van der Waals surface area contributed by atoms with Crippen molar-refractivity contribution in [2.24, 2.45) is 0 Å². The molecule has 0 bridgehead atoms. The van der Waals surface area contributed by atoms with Crippen LogP contribution in [0.15, 0.2) is 24.3 Å². The van der Waals surface area contributed by atoms with Crippen LogP contribution in [0.4, 0.5) is 5.69 Å². The van der Waals surface area contributed by atoms with Crippen LogP contribution in [0, 0.1) is 10.1 Å². The van der Waals surface area contributed by atoms with Crippen LogP contribution >= 0.6 is 0 Å². The first kappa shape index (κ1) is 25.0. The Labute approximate surface area is 192 Å². The molecule has 0 radical (unpaired) electrons. The van der Waals surface area contributed by atoms with E-state index >= 15 is 0 Å². The number of nitro groups is 1. The van der Waals surface area contributed by atoms with Gasteiger partial charge in [-0.3, -0.25) is 19.7 Å². The lowest BCUT2D eigenvalue weighted by Gasteiger charge is -2.40. The molecule has 3 atom stereocenters. The minimum absolute atomic E-state index is 0.0775. The van der Waals surface area contributed by atoms with Crippen LogP contribution in [0.3, 0.4) is 0 Å². The van der Waals surface area contributed by atoms with Crippen molar-refractivity contribution < 1.29 is 27.7 Å². The number of nitro benzene ring substituents is 1. The first-order valence-corrected chi connectivity index (χ1v) is 12.1. The molecule has 2 aliphatic heterocycles. The van der Waals surface area contributed by atoms with Gasteiger partial charge in [0.05, 0.1) is 17.1 Å². The van der Waals surface area contributed by atoms with Crippen LogP contribution in [0.1, 0.15) is 31.1 Å². The Kier molecular flexibility index (Phi) is 7.67. The molecule has 2 aliphatic rings. The number of nitrogens with zero attached hydrogens (tertiary/aromatic N) is 4. The molecule has 1 N–H and O–H groups in total. The fourth-order valence-electron chi connectivity index (χ4n) is 4.00. The van der Waals surface area contributed by atoms with Gasteiger partial charge in [0, 0.05) is 57.0 Å².